The first-order valence-corrected chi connectivity index (χ1v) is 5.64. The fourth-order valence-corrected chi connectivity index (χ4v) is 2.22. The molecule has 0 unspecified atom stereocenters. The summed E-state index contributed by atoms with van der Waals surface area (Å²) in [4.78, 5) is 22.2. The van der Waals surface area contributed by atoms with Gasteiger partial charge in [0.25, 0.3) is 5.56 Å². The van der Waals surface area contributed by atoms with Gasteiger partial charge >= 0.3 is 0 Å². The first-order valence-electron chi connectivity index (χ1n) is 5.64. The molecule has 2 atom stereocenters. The lowest BCUT2D eigenvalue weighted by Crippen LogP contribution is -2.14. The molecule has 18 heavy (non-hydrogen) atoms. The summed E-state index contributed by atoms with van der Waals surface area (Å²) in [6, 6.07) is 0.0147. The van der Waals surface area contributed by atoms with Crippen molar-refractivity contribution in [1.29, 1.82) is 0 Å². The highest BCUT2D eigenvalue weighted by atomic mass is 16.5. The Hall–Kier alpha value is -1.93. The van der Waals surface area contributed by atoms with Crippen molar-refractivity contribution in [3.05, 3.63) is 16.7 Å². The first-order chi connectivity index (χ1) is 8.69. The van der Waals surface area contributed by atoms with E-state index in [1.165, 1.54) is 0 Å². The lowest BCUT2D eigenvalue weighted by Gasteiger charge is -2.10. The van der Waals surface area contributed by atoms with Crippen LogP contribution in [0.25, 0.3) is 11.2 Å². The fourth-order valence-electron chi connectivity index (χ4n) is 2.22. The number of aliphatic hydroxyl groups is 1. The zero-order chi connectivity index (χ0) is 12.7. The van der Waals surface area contributed by atoms with Crippen LogP contribution in [-0.4, -0.2) is 43.9 Å². The number of aromatic amines is 1. The van der Waals surface area contributed by atoms with Gasteiger partial charge in [-0.15, -0.1) is 0 Å². The predicted molar refractivity (Wildman–Crippen MR) is 63.0 cm³/mol. The van der Waals surface area contributed by atoms with Crippen LogP contribution in [0.3, 0.4) is 0 Å². The number of rotatable bonds is 2. The Kier molecular flexibility index (Phi) is 2.53. The maximum atomic E-state index is 11.6. The highest BCUT2D eigenvalue weighted by Crippen LogP contribution is 2.26. The van der Waals surface area contributed by atoms with Gasteiger partial charge in [0.05, 0.1) is 31.7 Å². The molecule has 8 heteroatoms. The molecule has 0 aliphatic carbocycles. The third kappa shape index (κ3) is 1.66. The number of nitrogen functional groups attached to an aromatic ring is 1. The zero-order valence-corrected chi connectivity index (χ0v) is 9.54. The van der Waals surface area contributed by atoms with Gasteiger partial charge in [-0.2, -0.15) is 4.98 Å². The number of H-pyrrole nitrogens is 1. The van der Waals surface area contributed by atoms with Gasteiger partial charge < -0.3 is 20.1 Å². The largest absolute Gasteiger partial charge is 0.394 e. The van der Waals surface area contributed by atoms with Crippen LogP contribution < -0.4 is 11.3 Å². The van der Waals surface area contributed by atoms with E-state index in [0.29, 0.717) is 18.7 Å². The van der Waals surface area contributed by atoms with E-state index >= 15 is 0 Å². The van der Waals surface area contributed by atoms with Crippen molar-refractivity contribution in [3.8, 4) is 0 Å². The number of nitrogens with two attached hydrogens (primary N) is 1. The SMILES string of the molecule is Nc1nc2c(ncn2[C@H]2CO[C@@H](CO)C2)c(=O)[nH]1. The van der Waals surface area contributed by atoms with Gasteiger partial charge in [-0.05, 0) is 6.42 Å². The second kappa shape index (κ2) is 4.07. The summed E-state index contributed by atoms with van der Waals surface area (Å²) in [6.07, 6.45) is 2.04. The van der Waals surface area contributed by atoms with Crippen LogP contribution in [0.2, 0.25) is 0 Å². The van der Waals surface area contributed by atoms with Crippen LogP contribution in [0.1, 0.15) is 12.5 Å². The van der Waals surface area contributed by atoms with Crippen LogP contribution in [0.15, 0.2) is 11.1 Å². The summed E-state index contributed by atoms with van der Waals surface area (Å²) in [5.74, 6) is 0.0619. The number of imidazole rings is 1. The number of aromatic nitrogens is 4. The third-order valence-corrected chi connectivity index (χ3v) is 3.11. The number of aliphatic hydroxyl groups excluding tert-OH is 1. The molecule has 0 aromatic carbocycles. The second-order valence-electron chi connectivity index (χ2n) is 4.30. The maximum absolute atomic E-state index is 11.6. The summed E-state index contributed by atoms with van der Waals surface area (Å²) < 4.78 is 7.18. The van der Waals surface area contributed by atoms with E-state index in [0.717, 1.165) is 0 Å². The Morgan fingerprint density at radius 1 is 1.67 bits per heavy atom. The fraction of sp³-hybridized carbons (Fsp3) is 0.500. The lowest BCUT2D eigenvalue weighted by atomic mass is 10.2. The molecule has 3 heterocycles. The van der Waals surface area contributed by atoms with E-state index in [4.69, 9.17) is 15.6 Å². The maximum Gasteiger partial charge on any atom is 0.280 e. The summed E-state index contributed by atoms with van der Waals surface area (Å²) >= 11 is 0. The van der Waals surface area contributed by atoms with Crippen molar-refractivity contribution in [2.24, 2.45) is 0 Å². The molecule has 0 amide bonds. The number of fused-ring (bicyclic) bond motifs is 1. The van der Waals surface area contributed by atoms with Crippen LogP contribution in [0, 0.1) is 0 Å². The molecule has 96 valence electrons. The molecule has 4 N–H and O–H groups in total. The minimum Gasteiger partial charge on any atom is -0.394 e. The molecule has 8 nitrogen and oxygen atoms in total. The van der Waals surface area contributed by atoms with E-state index in [1.54, 1.807) is 10.9 Å². The van der Waals surface area contributed by atoms with E-state index in [2.05, 4.69) is 15.0 Å². The predicted octanol–water partition coefficient (Wildman–Crippen LogP) is -0.976. The standard InChI is InChI=1S/C10H13N5O3/c11-10-13-8-7(9(17)14-10)12-4-15(8)5-1-6(2-16)18-3-5/h4-6,16H,1-3H2,(H3,11,13,14,17)/t5-,6-/m1/s1. The highest BCUT2D eigenvalue weighted by molar-refractivity contribution is 5.70. The van der Waals surface area contributed by atoms with Crippen LogP contribution in [-0.2, 0) is 4.74 Å². The Morgan fingerprint density at radius 2 is 2.50 bits per heavy atom. The van der Waals surface area contributed by atoms with Gasteiger partial charge in [0.1, 0.15) is 0 Å². The molecule has 1 fully saturated rings. The molecule has 1 aliphatic rings. The third-order valence-electron chi connectivity index (χ3n) is 3.11. The molecule has 0 spiro atoms. The Morgan fingerprint density at radius 3 is 3.22 bits per heavy atom. The average Bonchev–Trinajstić information content (AvgIpc) is 2.93. The molecule has 0 bridgehead atoms. The van der Waals surface area contributed by atoms with E-state index in [1.807, 2.05) is 0 Å². The summed E-state index contributed by atoms with van der Waals surface area (Å²) in [5.41, 5.74) is 5.88. The zero-order valence-electron chi connectivity index (χ0n) is 9.54. The quantitative estimate of drug-likeness (QED) is 0.631. The first kappa shape index (κ1) is 11.2. The lowest BCUT2D eigenvalue weighted by molar-refractivity contribution is 0.0576. The molecule has 3 rings (SSSR count). The second-order valence-corrected chi connectivity index (χ2v) is 4.30. The van der Waals surface area contributed by atoms with E-state index in [9.17, 15) is 4.79 Å². The van der Waals surface area contributed by atoms with Crippen LogP contribution >= 0.6 is 0 Å². The molecular formula is C10H13N5O3. The van der Waals surface area contributed by atoms with Crippen LogP contribution in [0.4, 0.5) is 5.95 Å². The number of hydrogen-bond acceptors (Lipinski definition) is 6. The highest BCUT2D eigenvalue weighted by Gasteiger charge is 2.27. The summed E-state index contributed by atoms with van der Waals surface area (Å²) in [7, 11) is 0. The van der Waals surface area contributed by atoms with Crippen molar-refractivity contribution in [1.82, 2.24) is 19.5 Å². The smallest absolute Gasteiger partial charge is 0.280 e. The van der Waals surface area contributed by atoms with Gasteiger partial charge in [-0.25, -0.2) is 4.98 Å². The minimum atomic E-state index is -0.353. The summed E-state index contributed by atoms with van der Waals surface area (Å²) in [6.45, 7) is 0.449. The van der Waals surface area contributed by atoms with Gasteiger partial charge in [-0.1, -0.05) is 0 Å². The molecule has 0 radical (unpaired) electrons. The molecule has 2 aromatic rings. The van der Waals surface area contributed by atoms with E-state index in [-0.39, 0.29) is 35.8 Å². The van der Waals surface area contributed by atoms with Gasteiger partial charge in [-0.3, -0.25) is 9.78 Å². The van der Waals surface area contributed by atoms with Gasteiger partial charge in [0.15, 0.2) is 11.2 Å². The summed E-state index contributed by atoms with van der Waals surface area (Å²) in [5, 5.41) is 9.04. The molecule has 0 saturated carbocycles. The molecule has 2 aromatic heterocycles. The van der Waals surface area contributed by atoms with Crippen molar-refractivity contribution >= 4 is 17.1 Å². The average molecular weight is 251 g/mol. The number of ether oxygens (including phenoxy) is 1. The number of nitrogens with one attached hydrogen (secondary N) is 1. The molecule has 1 aliphatic heterocycles. The van der Waals surface area contributed by atoms with Crippen molar-refractivity contribution in [2.45, 2.75) is 18.6 Å². The molecule has 1 saturated heterocycles. The van der Waals surface area contributed by atoms with Crippen molar-refractivity contribution < 1.29 is 9.84 Å². The Labute approximate surface area is 101 Å². The number of hydrogen-bond donors (Lipinski definition) is 3. The van der Waals surface area contributed by atoms with Crippen molar-refractivity contribution in [3.63, 3.8) is 0 Å². The van der Waals surface area contributed by atoms with Crippen LogP contribution in [0.5, 0.6) is 0 Å². The van der Waals surface area contributed by atoms with Gasteiger partial charge in [0, 0.05) is 0 Å². The van der Waals surface area contributed by atoms with Crippen molar-refractivity contribution in [2.75, 3.05) is 18.9 Å². The Balaban J connectivity index is 2.05. The minimum absolute atomic E-state index is 0.0146. The van der Waals surface area contributed by atoms with E-state index < -0.39 is 0 Å². The number of nitrogens with zero attached hydrogens (tertiary/aromatic N) is 3. The normalized spacial score (nSPS) is 23.8. The number of anilines is 1. The van der Waals surface area contributed by atoms with Gasteiger partial charge in [0.2, 0.25) is 5.95 Å². The monoisotopic (exact) mass is 251 g/mol. The molecular weight excluding hydrogens is 238 g/mol. The Bertz CT molecular complexity index is 634. The topological polar surface area (TPSA) is 119 Å².